The number of carbonyl (C=O) groups excluding carboxylic acids is 1. The number of urea groups is 1. The molecule has 2 aromatic rings. The van der Waals surface area contributed by atoms with Crippen molar-refractivity contribution in [2.75, 3.05) is 11.9 Å². The molecule has 1 fully saturated rings. The van der Waals surface area contributed by atoms with Crippen LogP contribution in [0.3, 0.4) is 0 Å². The normalized spacial score (nSPS) is 19.5. The summed E-state index contributed by atoms with van der Waals surface area (Å²) in [5.74, 6) is 0. The number of anilines is 1. The van der Waals surface area contributed by atoms with Gasteiger partial charge in [0.15, 0.2) is 5.13 Å². The predicted octanol–water partition coefficient (Wildman–Crippen LogP) is 1.89. The molecule has 0 spiro atoms. The van der Waals surface area contributed by atoms with Gasteiger partial charge in [0, 0.05) is 24.2 Å². The lowest BCUT2D eigenvalue weighted by atomic mass is 10.2. The van der Waals surface area contributed by atoms with Gasteiger partial charge in [-0.25, -0.2) is 14.5 Å². The number of aromatic nitrogens is 3. The Balaban J connectivity index is 1.49. The Kier molecular flexibility index (Phi) is 4.05. The number of aryl methyl sites for hydroxylation is 2. The molecule has 1 atom stereocenters. The zero-order valence-corrected chi connectivity index (χ0v) is 14.1. The van der Waals surface area contributed by atoms with Crippen LogP contribution in [0.2, 0.25) is 0 Å². The zero-order valence-electron chi connectivity index (χ0n) is 13.3. The molecular formula is C16H19N5O2S. The SMILES string of the molecule is O=C(Nc1nccs1)N1CCCC1Cn1nc2c(cc1=O)CCC2. The van der Waals surface area contributed by atoms with Crippen LogP contribution in [0, 0.1) is 0 Å². The van der Waals surface area contributed by atoms with Gasteiger partial charge in [-0.1, -0.05) is 0 Å². The lowest BCUT2D eigenvalue weighted by Gasteiger charge is -2.24. The van der Waals surface area contributed by atoms with E-state index in [1.54, 1.807) is 17.2 Å². The molecular weight excluding hydrogens is 326 g/mol. The van der Waals surface area contributed by atoms with Crippen LogP contribution in [0.5, 0.6) is 0 Å². The third-order valence-corrected chi connectivity index (χ3v) is 5.38. The maximum absolute atomic E-state index is 12.5. The van der Waals surface area contributed by atoms with Crippen LogP contribution in [-0.4, -0.2) is 38.3 Å². The summed E-state index contributed by atoms with van der Waals surface area (Å²) in [4.78, 5) is 30.6. The molecule has 1 saturated heterocycles. The van der Waals surface area contributed by atoms with Crippen molar-refractivity contribution in [3.63, 3.8) is 0 Å². The van der Waals surface area contributed by atoms with Crippen LogP contribution >= 0.6 is 11.3 Å². The van der Waals surface area contributed by atoms with Gasteiger partial charge < -0.3 is 4.90 Å². The second kappa shape index (κ2) is 6.35. The molecule has 1 aliphatic carbocycles. The maximum Gasteiger partial charge on any atom is 0.323 e. The van der Waals surface area contributed by atoms with Crippen molar-refractivity contribution in [3.05, 3.63) is 39.3 Å². The number of hydrogen-bond acceptors (Lipinski definition) is 5. The standard InChI is InChI=1S/C16H19N5O2S/c22-14-9-11-3-1-5-13(11)19-21(14)10-12-4-2-7-20(12)16(23)18-15-17-6-8-24-15/h6,8-9,12H,1-5,7,10H2,(H,17,18,23). The number of likely N-dealkylation sites (tertiary alicyclic amines) is 1. The van der Waals surface area contributed by atoms with Crippen LogP contribution < -0.4 is 10.9 Å². The van der Waals surface area contributed by atoms with Crippen molar-refractivity contribution in [1.82, 2.24) is 19.7 Å². The minimum Gasteiger partial charge on any atom is -0.320 e. The summed E-state index contributed by atoms with van der Waals surface area (Å²) in [6.07, 6.45) is 6.44. The molecule has 7 nitrogen and oxygen atoms in total. The lowest BCUT2D eigenvalue weighted by Crippen LogP contribution is -2.42. The molecule has 1 unspecified atom stereocenters. The van der Waals surface area contributed by atoms with E-state index in [0.29, 0.717) is 18.2 Å². The molecule has 1 N–H and O–H groups in total. The summed E-state index contributed by atoms with van der Waals surface area (Å²) < 4.78 is 1.53. The Labute approximate surface area is 143 Å². The van der Waals surface area contributed by atoms with E-state index in [2.05, 4.69) is 15.4 Å². The molecule has 24 heavy (non-hydrogen) atoms. The van der Waals surface area contributed by atoms with E-state index >= 15 is 0 Å². The number of amides is 2. The third-order valence-electron chi connectivity index (χ3n) is 4.69. The van der Waals surface area contributed by atoms with E-state index in [1.807, 2.05) is 5.38 Å². The van der Waals surface area contributed by atoms with Gasteiger partial charge in [-0.2, -0.15) is 5.10 Å². The largest absolute Gasteiger partial charge is 0.323 e. The second-order valence-electron chi connectivity index (χ2n) is 6.25. The number of thiazole rings is 1. The quantitative estimate of drug-likeness (QED) is 0.921. The Bertz CT molecular complexity index is 801. The van der Waals surface area contributed by atoms with Crippen molar-refractivity contribution in [2.45, 2.75) is 44.7 Å². The number of rotatable bonds is 3. The molecule has 8 heteroatoms. The van der Waals surface area contributed by atoms with E-state index < -0.39 is 0 Å². The van der Waals surface area contributed by atoms with Gasteiger partial charge in [0.2, 0.25) is 0 Å². The van der Waals surface area contributed by atoms with Crippen molar-refractivity contribution >= 4 is 22.5 Å². The smallest absolute Gasteiger partial charge is 0.320 e. The van der Waals surface area contributed by atoms with Crippen molar-refractivity contribution in [2.24, 2.45) is 0 Å². The number of fused-ring (bicyclic) bond motifs is 1. The molecule has 4 rings (SSSR count). The molecule has 0 bridgehead atoms. The molecule has 1 aliphatic heterocycles. The average molecular weight is 345 g/mol. The van der Waals surface area contributed by atoms with E-state index in [1.165, 1.54) is 16.0 Å². The zero-order chi connectivity index (χ0) is 16.5. The highest BCUT2D eigenvalue weighted by molar-refractivity contribution is 7.13. The van der Waals surface area contributed by atoms with Crippen molar-refractivity contribution < 1.29 is 4.79 Å². The highest BCUT2D eigenvalue weighted by Gasteiger charge is 2.30. The van der Waals surface area contributed by atoms with Crippen LogP contribution in [0.1, 0.15) is 30.5 Å². The highest BCUT2D eigenvalue weighted by Crippen LogP contribution is 2.22. The molecule has 2 aliphatic rings. The molecule has 0 radical (unpaired) electrons. The van der Waals surface area contributed by atoms with E-state index in [0.717, 1.165) is 43.4 Å². The first-order valence-electron chi connectivity index (χ1n) is 8.28. The van der Waals surface area contributed by atoms with E-state index in [4.69, 9.17) is 0 Å². The first kappa shape index (κ1) is 15.3. The fourth-order valence-corrected chi connectivity index (χ4v) is 4.03. The summed E-state index contributed by atoms with van der Waals surface area (Å²) in [6, 6.07) is 1.56. The fourth-order valence-electron chi connectivity index (χ4n) is 3.51. The summed E-state index contributed by atoms with van der Waals surface area (Å²) in [6.45, 7) is 1.15. The lowest BCUT2D eigenvalue weighted by molar-refractivity contribution is 0.198. The van der Waals surface area contributed by atoms with Gasteiger partial charge in [0.1, 0.15) is 0 Å². The Morgan fingerprint density at radius 1 is 1.38 bits per heavy atom. The maximum atomic E-state index is 12.5. The van der Waals surface area contributed by atoms with E-state index in [-0.39, 0.29) is 17.6 Å². The third kappa shape index (κ3) is 2.93. The van der Waals surface area contributed by atoms with Gasteiger partial charge in [-0.05, 0) is 37.7 Å². The monoisotopic (exact) mass is 345 g/mol. The summed E-state index contributed by atoms with van der Waals surface area (Å²) >= 11 is 1.39. The second-order valence-corrected chi connectivity index (χ2v) is 7.14. The number of nitrogens with one attached hydrogen (secondary N) is 1. The number of nitrogens with zero attached hydrogens (tertiary/aromatic N) is 4. The topological polar surface area (TPSA) is 80.1 Å². The minimum atomic E-state index is -0.151. The van der Waals surface area contributed by atoms with E-state index in [9.17, 15) is 9.59 Å². The van der Waals surface area contributed by atoms with Gasteiger partial charge >= 0.3 is 6.03 Å². The molecule has 0 saturated carbocycles. The summed E-state index contributed by atoms with van der Waals surface area (Å²) in [5, 5.41) is 9.76. The molecule has 0 aromatic carbocycles. The molecule has 3 heterocycles. The highest BCUT2D eigenvalue weighted by atomic mass is 32.1. The Morgan fingerprint density at radius 3 is 3.12 bits per heavy atom. The minimum absolute atomic E-state index is 0.00499. The Morgan fingerprint density at radius 2 is 2.29 bits per heavy atom. The van der Waals surface area contributed by atoms with Gasteiger partial charge in [-0.15, -0.1) is 11.3 Å². The molecule has 126 valence electrons. The van der Waals surface area contributed by atoms with Gasteiger partial charge in [0.25, 0.3) is 5.56 Å². The molecule has 2 aromatic heterocycles. The average Bonchev–Trinajstić information content (AvgIpc) is 3.28. The summed E-state index contributed by atoms with van der Waals surface area (Å²) in [7, 11) is 0. The summed E-state index contributed by atoms with van der Waals surface area (Å²) in [5.41, 5.74) is 2.05. The first-order chi connectivity index (χ1) is 11.7. The first-order valence-corrected chi connectivity index (χ1v) is 9.16. The number of carbonyl (C=O) groups is 1. The van der Waals surface area contributed by atoms with Gasteiger partial charge in [0.05, 0.1) is 18.3 Å². The van der Waals surface area contributed by atoms with Crippen LogP contribution in [0.4, 0.5) is 9.93 Å². The van der Waals surface area contributed by atoms with Crippen molar-refractivity contribution in [3.8, 4) is 0 Å². The number of hydrogen-bond donors (Lipinski definition) is 1. The predicted molar refractivity (Wildman–Crippen MR) is 91.4 cm³/mol. The fraction of sp³-hybridized carbons (Fsp3) is 0.500. The Hall–Kier alpha value is -2.22. The van der Waals surface area contributed by atoms with Crippen LogP contribution in [0.15, 0.2) is 22.4 Å². The molecule has 2 amide bonds. The van der Waals surface area contributed by atoms with Crippen molar-refractivity contribution in [1.29, 1.82) is 0 Å². The van der Waals surface area contributed by atoms with Crippen LogP contribution in [0.25, 0.3) is 0 Å². The van der Waals surface area contributed by atoms with Gasteiger partial charge in [-0.3, -0.25) is 10.1 Å². The van der Waals surface area contributed by atoms with Crippen LogP contribution in [-0.2, 0) is 19.4 Å².